The minimum Gasteiger partial charge on any atom is -0.490 e. The summed E-state index contributed by atoms with van der Waals surface area (Å²) >= 11 is 6.52. The number of benzene rings is 4. The number of aryl methyl sites for hydroxylation is 1. The maximum absolute atomic E-state index is 13.0. The van der Waals surface area contributed by atoms with Crippen molar-refractivity contribution in [2.75, 3.05) is 11.9 Å². The van der Waals surface area contributed by atoms with Crippen molar-refractivity contribution in [2.45, 2.75) is 20.5 Å². The van der Waals surface area contributed by atoms with E-state index in [4.69, 9.17) is 21.1 Å². The Morgan fingerprint density at radius 1 is 0.938 bits per heavy atom. The number of halogens is 1. The Hall–Kier alpha value is -3.50. The Morgan fingerprint density at radius 2 is 1.69 bits per heavy atom. The number of ether oxygens (including phenoxy) is 2. The zero-order valence-corrected chi connectivity index (χ0v) is 18.8. The average molecular weight is 446 g/mol. The fourth-order valence-corrected chi connectivity index (χ4v) is 3.74. The van der Waals surface area contributed by atoms with Crippen molar-refractivity contribution < 1.29 is 14.3 Å². The van der Waals surface area contributed by atoms with Gasteiger partial charge in [-0.3, -0.25) is 4.79 Å². The zero-order chi connectivity index (χ0) is 22.5. The highest BCUT2D eigenvalue weighted by atomic mass is 35.5. The molecule has 32 heavy (non-hydrogen) atoms. The lowest BCUT2D eigenvalue weighted by Crippen LogP contribution is -2.13. The summed E-state index contributed by atoms with van der Waals surface area (Å²) in [5.41, 5.74) is 3.34. The fraction of sp³-hybridized carbons (Fsp3) is 0.148. The predicted octanol–water partition coefficient (Wildman–Crippen LogP) is 7.03. The van der Waals surface area contributed by atoms with Crippen LogP contribution < -0.4 is 14.8 Å². The van der Waals surface area contributed by atoms with E-state index in [1.165, 1.54) is 5.56 Å². The third-order valence-corrected chi connectivity index (χ3v) is 5.39. The lowest BCUT2D eigenvalue weighted by Gasteiger charge is -2.16. The Bertz CT molecular complexity index is 1250. The van der Waals surface area contributed by atoms with Crippen LogP contribution in [-0.2, 0) is 6.61 Å². The molecule has 4 nitrogen and oxygen atoms in total. The summed E-state index contributed by atoms with van der Waals surface area (Å²) in [6.45, 7) is 4.68. The molecule has 0 aliphatic heterocycles. The van der Waals surface area contributed by atoms with Gasteiger partial charge >= 0.3 is 0 Å². The van der Waals surface area contributed by atoms with E-state index in [0.29, 0.717) is 35.3 Å². The van der Waals surface area contributed by atoms with Gasteiger partial charge in [-0.1, -0.05) is 77.8 Å². The Balaban J connectivity index is 1.58. The number of anilines is 1. The van der Waals surface area contributed by atoms with E-state index in [1.807, 2.05) is 80.6 Å². The van der Waals surface area contributed by atoms with Crippen molar-refractivity contribution >= 4 is 34.0 Å². The van der Waals surface area contributed by atoms with Crippen LogP contribution in [0.5, 0.6) is 11.5 Å². The van der Waals surface area contributed by atoms with Crippen LogP contribution in [0.1, 0.15) is 28.4 Å². The minimum absolute atomic E-state index is 0.269. The van der Waals surface area contributed by atoms with Gasteiger partial charge in [0.05, 0.1) is 11.6 Å². The normalized spacial score (nSPS) is 10.7. The molecule has 0 unspecified atom stereocenters. The number of hydrogen-bond acceptors (Lipinski definition) is 3. The molecule has 5 heteroatoms. The summed E-state index contributed by atoms with van der Waals surface area (Å²) < 4.78 is 11.7. The fourth-order valence-electron chi connectivity index (χ4n) is 3.47. The van der Waals surface area contributed by atoms with Gasteiger partial charge in [-0.05, 0) is 43.0 Å². The van der Waals surface area contributed by atoms with Crippen LogP contribution in [0.3, 0.4) is 0 Å². The number of hydrogen-bond donors (Lipinski definition) is 1. The topological polar surface area (TPSA) is 47.6 Å². The summed E-state index contributed by atoms with van der Waals surface area (Å²) in [6.07, 6.45) is 0. The van der Waals surface area contributed by atoms with Crippen molar-refractivity contribution in [3.8, 4) is 11.5 Å². The SMILES string of the molecule is CCOc1cc(C(=O)Nc2cccc3ccccc23)cc(Cl)c1OCc1ccc(C)cc1. The Morgan fingerprint density at radius 3 is 2.47 bits per heavy atom. The van der Waals surface area contributed by atoms with E-state index in [0.717, 1.165) is 22.0 Å². The molecule has 0 aromatic heterocycles. The first-order valence-electron chi connectivity index (χ1n) is 10.5. The number of amides is 1. The molecule has 0 atom stereocenters. The molecular formula is C27H24ClNO3. The maximum Gasteiger partial charge on any atom is 0.255 e. The van der Waals surface area contributed by atoms with Gasteiger partial charge in [-0.2, -0.15) is 0 Å². The molecule has 162 valence electrons. The predicted molar refractivity (Wildman–Crippen MR) is 130 cm³/mol. The second-order valence-electron chi connectivity index (χ2n) is 7.47. The quantitative estimate of drug-likeness (QED) is 0.332. The van der Waals surface area contributed by atoms with Crippen LogP contribution in [-0.4, -0.2) is 12.5 Å². The van der Waals surface area contributed by atoms with Gasteiger partial charge in [-0.15, -0.1) is 0 Å². The van der Waals surface area contributed by atoms with E-state index in [9.17, 15) is 4.79 Å². The molecule has 0 aliphatic carbocycles. The summed E-state index contributed by atoms with van der Waals surface area (Å²) in [6, 6.07) is 25.1. The number of rotatable bonds is 7. The van der Waals surface area contributed by atoms with E-state index in [1.54, 1.807) is 12.1 Å². The number of carbonyl (C=O) groups is 1. The van der Waals surface area contributed by atoms with Crippen LogP contribution in [0.4, 0.5) is 5.69 Å². The summed E-state index contributed by atoms with van der Waals surface area (Å²) in [5.74, 6) is 0.597. The van der Waals surface area contributed by atoms with Gasteiger partial charge in [0.15, 0.2) is 11.5 Å². The minimum atomic E-state index is -0.269. The highest BCUT2D eigenvalue weighted by Crippen LogP contribution is 2.37. The molecule has 0 heterocycles. The van der Waals surface area contributed by atoms with Crippen molar-refractivity contribution in [2.24, 2.45) is 0 Å². The van der Waals surface area contributed by atoms with Crippen molar-refractivity contribution in [1.82, 2.24) is 0 Å². The zero-order valence-electron chi connectivity index (χ0n) is 18.0. The van der Waals surface area contributed by atoms with Crippen LogP contribution in [0.15, 0.2) is 78.9 Å². The molecule has 0 fully saturated rings. The molecule has 1 N–H and O–H groups in total. The average Bonchev–Trinajstić information content (AvgIpc) is 2.80. The first-order valence-corrected chi connectivity index (χ1v) is 10.9. The van der Waals surface area contributed by atoms with E-state index in [-0.39, 0.29) is 5.91 Å². The molecule has 1 amide bonds. The van der Waals surface area contributed by atoms with Gasteiger partial charge in [-0.25, -0.2) is 0 Å². The highest BCUT2D eigenvalue weighted by Gasteiger charge is 2.17. The third-order valence-electron chi connectivity index (χ3n) is 5.11. The summed E-state index contributed by atoms with van der Waals surface area (Å²) in [4.78, 5) is 13.0. The van der Waals surface area contributed by atoms with E-state index < -0.39 is 0 Å². The van der Waals surface area contributed by atoms with Crippen molar-refractivity contribution in [3.63, 3.8) is 0 Å². The molecule has 0 spiro atoms. The van der Waals surface area contributed by atoms with Crippen LogP contribution >= 0.6 is 11.6 Å². The number of carbonyl (C=O) groups excluding carboxylic acids is 1. The molecule has 0 aliphatic rings. The smallest absolute Gasteiger partial charge is 0.255 e. The number of fused-ring (bicyclic) bond motifs is 1. The molecule has 4 aromatic carbocycles. The standard InChI is InChI=1S/C27H24ClNO3/c1-3-31-25-16-21(15-23(28)26(25)32-17-19-13-11-18(2)12-14-19)27(30)29-24-10-6-8-20-7-4-5-9-22(20)24/h4-16H,3,17H2,1-2H3,(H,29,30). The molecule has 0 radical (unpaired) electrons. The van der Waals surface area contributed by atoms with Gasteiger partial charge in [0.25, 0.3) is 5.91 Å². The molecule has 0 saturated carbocycles. The Kier molecular flexibility index (Phi) is 6.62. The lowest BCUT2D eigenvalue weighted by molar-refractivity contribution is 0.102. The monoisotopic (exact) mass is 445 g/mol. The van der Waals surface area contributed by atoms with Crippen LogP contribution in [0, 0.1) is 6.92 Å². The van der Waals surface area contributed by atoms with Gasteiger partial charge < -0.3 is 14.8 Å². The number of nitrogens with one attached hydrogen (secondary N) is 1. The second kappa shape index (κ2) is 9.75. The molecule has 0 bridgehead atoms. The summed E-state index contributed by atoms with van der Waals surface area (Å²) in [7, 11) is 0. The first kappa shape index (κ1) is 21.7. The third kappa shape index (κ3) is 4.87. The van der Waals surface area contributed by atoms with Gasteiger partial charge in [0, 0.05) is 16.6 Å². The molecule has 0 saturated heterocycles. The van der Waals surface area contributed by atoms with Gasteiger partial charge in [0.1, 0.15) is 6.61 Å². The largest absolute Gasteiger partial charge is 0.490 e. The lowest BCUT2D eigenvalue weighted by atomic mass is 10.1. The first-order chi connectivity index (χ1) is 15.5. The molecular weight excluding hydrogens is 422 g/mol. The molecule has 4 rings (SSSR count). The van der Waals surface area contributed by atoms with Crippen LogP contribution in [0.2, 0.25) is 5.02 Å². The van der Waals surface area contributed by atoms with Crippen LogP contribution in [0.25, 0.3) is 10.8 Å². The van der Waals surface area contributed by atoms with E-state index in [2.05, 4.69) is 5.32 Å². The van der Waals surface area contributed by atoms with Crippen molar-refractivity contribution in [3.05, 3.63) is 101 Å². The summed E-state index contributed by atoms with van der Waals surface area (Å²) in [5, 5.41) is 5.34. The molecule has 4 aromatic rings. The highest BCUT2D eigenvalue weighted by molar-refractivity contribution is 6.32. The van der Waals surface area contributed by atoms with Crippen molar-refractivity contribution in [1.29, 1.82) is 0 Å². The van der Waals surface area contributed by atoms with Gasteiger partial charge in [0.2, 0.25) is 0 Å². The Labute approximate surface area is 192 Å². The van der Waals surface area contributed by atoms with E-state index >= 15 is 0 Å². The second-order valence-corrected chi connectivity index (χ2v) is 7.88. The maximum atomic E-state index is 13.0.